The summed E-state index contributed by atoms with van der Waals surface area (Å²) >= 11 is 0. The molecule has 3 saturated heterocycles. The molecule has 158 valence electrons. The monoisotopic (exact) mass is 399 g/mol. The SMILES string of the molecule is COCCN1CC2(CCN(C(=O)c3cc(C)cc(C)c3)CC2)C2(CCNC2=O)C1. The number of aryl methyl sites for hydroxylation is 2. The summed E-state index contributed by atoms with van der Waals surface area (Å²) in [5.74, 6) is 0.331. The van der Waals surface area contributed by atoms with Crippen molar-refractivity contribution in [2.45, 2.75) is 33.1 Å². The van der Waals surface area contributed by atoms with Gasteiger partial charge in [0.1, 0.15) is 0 Å². The van der Waals surface area contributed by atoms with Crippen molar-refractivity contribution < 1.29 is 14.3 Å². The minimum atomic E-state index is -0.310. The van der Waals surface area contributed by atoms with E-state index in [2.05, 4.69) is 16.3 Å². The Labute approximate surface area is 173 Å². The number of likely N-dealkylation sites (tertiary alicyclic amines) is 2. The van der Waals surface area contributed by atoms with E-state index >= 15 is 0 Å². The molecule has 0 aliphatic carbocycles. The highest BCUT2D eigenvalue weighted by molar-refractivity contribution is 5.94. The van der Waals surface area contributed by atoms with Crippen LogP contribution < -0.4 is 5.32 Å². The van der Waals surface area contributed by atoms with Gasteiger partial charge in [-0.3, -0.25) is 14.5 Å². The summed E-state index contributed by atoms with van der Waals surface area (Å²) in [6.45, 7) is 9.56. The summed E-state index contributed by atoms with van der Waals surface area (Å²) in [7, 11) is 1.72. The predicted octanol–water partition coefficient (Wildman–Crippen LogP) is 1.99. The Bertz CT molecular complexity index is 780. The van der Waals surface area contributed by atoms with Crippen molar-refractivity contribution in [1.82, 2.24) is 15.1 Å². The largest absolute Gasteiger partial charge is 0.383 e. The summed E-state index contributed by atoms with van der Waals surface area (Å²) < 4.78 is 5.28. The zero-order valence-electron chi connectivity index (χ0n) is 17.9. The van der Waals surface area contributed by atoms with E-state index < -0.39 is 0 Å². The first-order chi connectivity index (χ1) is 13.9. The van der Waals surface area contributed by atoms with Gasteiger partial charge in [0.15, 0.2) is 0 Å². The summed E-state index contributed by atoms with van der Waals surface area (Å²) in [5, 5.41) is 3.10. The van der Waals surface area contributed by atoms with Crippen LogP contribution in [0.2, 0.25) is 0 Å². The van der Waals surface area contributed by atoms with Crippen molar-refractivity contribution in [3.8, 4) is 0 Å². The normalized spacial score (nSPS) is 26.4. The molecule has 0 aromatic heterocycles. The summed E-state index contributed by atoms with van der Waals surface area (Å²) in [5.41, 5.74) is 2.66. The van der Waals surface area contributed by atoms with Crippen molar-refractivity contribution in [2.75, 3.05) is 53.0 Å². The smallest absolute Gasteiger partial charge is 0.253 e. The molecule has 1 aromatic rings. The predicted molar refractivity (Wildman–Crippen MR) is 112 cm³/mol. The average Bonchev–Trinajstić information content (AvgIpc) is 3.21. The molecule has 1 aromatic carbocycles. The van der Waals surface area contributed by atoms with Crippen molar-refractivity contribution in [1.29, 1.82) is 0 Å². The molecule has 0 bridgehead atoms. The first kappa shape index (κ1) is 20.4. The second-order valence-corrected chi connectivity index (χ2v) is 9.24. The van der Waals surface area contributed by atoms with Crippen LogP contribution in [0.5, 0.6) is 0 Å². The van der Waals surface area contributed by atoms with E-state index in [4.69, 9.17) is 4.74 Å². The fraction of sp³-hybridized carbons (Fsp3) is 0.652. The van der Waals surface area contributed by atoms with Crippen LogP contribution in [-0.4, -0.2) is 74.6 Å². The third-order valence-corrected chi connectivity index (χ3v) is 7.39. The van der Waals surface area contributed by atoms with Crippen LogP contribution in [0, 0.1) is 24.7 Å². The third kappa shape index (κ3) is 3.46. The van der Waals surface area contributed by atoms with E-state index in [1.165, 1.54) is 0 Å². The van der Waals surface area contributed by atoms with Crippen LogP contribution >= 0.6 is 0 Å². The van der Waals surface area contributed by atoms with Crippen molar-refractivity contribution in [3.63, 3.8) is 0 Å². The van der Waals surface area contributed by atoms with Crippen LogP contribution in [0.3, 0.4) is 0 Å². The van der Waals surface area contributed by atoms with Crippen LogP contribution in [0.25, 0.3) is 0 Å². The Balaban J connectivity index is 1.51. The van der Waals surface area contributed by atoms with Gasteiger partial charge in [-0.2, -0.15) is 0 Å². The average molecular weight is 400 g/mol. The minimum Gasteiger partial charge on any atom is -0.383 e. The molecule has 4 rings (SSSR count). The summed E-state index contributed by atoms with van der Waals surface area (Å²) in [6.07, 6.45) is 2.68. The second-order valence-electron chi connectivity index (χ2n) is 9.24. The summed E-state index contributed by atoms with van der Waals surface area (Å²) in [6, 6.07) is 6.05. The molecule has 0 saturated carbocycles. The number of carbonyl (C=O) groups is 2. The highest BCUT2D eigenvalue weighted by atomic mass is 16.5. The molecule has 1 unspecified atom stereocenters. The van der Waals surface area contributed by atoms with Gasteiger partial charge in [0.05, 0.1) is 12.0 Å². The molecule has 2 spiro atoms. The van der Waals surface area contributed by atoms with Gasteiger partial charge in [-0.05, 0) is 45.2 Å². The fourth-order valence-electron chi connectivity index (χ4n) is 5.95. The van der Waals surface area contributed by atoms with Crippen molar-refractivity contribution >= 4 is 11.8 Å². The lowest BCUT2D eigenvalue weighted by Crippen LogP contribution is -2.53. The zero-order valence-corrected chi connectivity index (χ0v) is 17.9. The van der Waals surface area contributed by atoms with Gasteiger partial charge in [0, 0.05) is 57.4 Å². The lowest BCUT2D eigenvalue weighted by Gasteiger charge is -2.46. The van der Waals surface area contributed by atoms with Crippen LogP contribution in [-0.2, 0) is 9.53 Å². The molecule has 3 fully saturated rings. The fourth-order valence-corrected chi connectivity index (χ4v) is 5.95. The number of amides is 2. The Morgan fingerprint density at radius 1 is 1.10 bits per heavy atom. The highest BCUT2D eigenvalue weighted by Gasteiger charge is 2.63. The number of fused-ring (bicyclic) bond motifs is 1. The first-order valence-corrected chi connectivity index (χ1v) is 10.8. The molecule has 29 heavy (non-hydrogen) atoms. The molecule has 3 heterocycles. The topological polar surface area (TPSA) is 61.9 Å². The molecular formula is C23H33N3O3. The van der Waals surface area contributed by atoms with Crippen LogP contribution in [0.4, 0.5) is 0 Å². The molecule has 6 heteroatoms. The molecule has 6 nitrogen and oxygen atoms in total. The van der Waals surface area contributed by atoms with Gasteiger partial charge < -0.3 is 15.0 Å². The van der Waals surface area contributed by atoms with E-state index in [0.29, 0.717) is 6.61 Å². The molecule has 0 radical (unpaired) electrons. The number of rotatable bonds is 4. The second kappa shape index (κ2) is 7.73. The van der Waals surface area contributed by atoms with E-state index in [0.717, 1.165) is 75.2 Å². The van der Waals surface area contributed by atoms with E-state index in [-0.39, 0.29) is 22.6 Å². The van der Waals surface area contributed by atoms with Gasteiger partial charge >= 0.3 is 0 Å². The van der Waals surface area contributed by atoms with E-state index in [9.17, 15) is 9.59 Å². The van der Waals surface area contributed by atoms with E-state index in [1.807, 2.05) is 30.9 Å². The Morgan fingerprint density at radius 3 is 2.38 bits per heavy atom. The minimum absolute atomic E-state index is 0.0410. The number of methoxy groups -OCH3 is 1. The Kier molecular flexibility index (Phi) is 5.42. The molecular weight excluding hydrogens is 366 g/mol. The van der Waals surface area contributed by atoms with Crippen molar-refractivity contribution in [3.05, 3.63) is 34.9 Å². The number of piperidine rings is 1. The third-order valence-electron chi connectivity index (χ3n) is 7.39. The number of benzene rings is 1. The molecule has 1 atom stereocenters. The maximum atomic E-state index is 13.1. The van der Waals surface area contributed by atoms with Gasteiger partial charge in [-0.1, -0.05) is 17.2 Å². The maximum Gasteiger partial charge on any atom is 0.253 e. The number of nitrogens with zero attached hydrogens (tertiary/aromatic N) is 2. The highest BCUT2D eigenvalue weighted by Crippen LogP contribution is 2.56. The molecule has 3 aliphatic heterocycles. The number of carbonyl (C=O) groups excluding carboxylic acids is 2. The maximum absolute atomic E-state index is 13.1. The van der Waals surface area contributed by atoms with Gasteiger partial charge in [0.25, 0.3) is 5.91 Å². The lowest BCUT2D eigenvalue weighted by atomic mass is 9.60. The quantitative estimate of drug-likeness (QED) is 0.841. The standard InChI is InChI=1S/C23H33N3O3/c1-17-12-18(2)14-19(13-17)20(27)26-8-5-22(6-9-26)15-25(10-11-29-3)16-23(22)4-7-24-21(23)28/h12-14H,4-11,15-16H2,1-3H3,(H,24,28). The van der Waals surface area contributed by atoms with Crippen molar-refractivity contribution in [2.24, 2.45) is 10.8 Å². The van der Waals surface area contributed by atoms with E-state index in [1.54, 1.807) is 7.11 Å². The van der Waals surface area contributed by atoms with Gasteiger partial charge in [-0.25, -0.2) is 0 Å². The van der Waals surface area contributed by atoms with Crippen LogP contribution in [0.15, 0.2) is 18.2 Å². The van der Waals surface area contributed by atoms with Gasteiger partial charge in [-0.15, -0.1) is 0 Å². The van der Waals surface area contributed by atoms with Crippen LogP contribution in [0.1, 0.15) is 40.7 Å². The number of hydrogen-bond acceptors (Lipinski definition) is 4. The molecule has 3 aliphatic rings. The van der Waals surface area contributed by atoms with Gasteiger partial charge in [0.2, 0.25) is 5.91 Å². The summed E-state index contributed by atoms with van der Waals surface area (Å²) in [4.78, 5) is 30.4. The molecule has 1 N–H and O–H groups in total. The Hall–Kier alpha value is -1.92. The zero-order chi connectivity index (χ0) is 20.6. The number of nitrogens with one attached hydrogen (secondary N) is 1. The molecule has 2 amide bonds. The number of ether oxygens (including phenoxy) is 1. The number of hydrogen-bond donors (Lipinski definition) is 1. The first-order valence-electron chi connectivity index (χ1n) is 10.8. The lowest BCUT2D eigenvalue weighted by molar-refractivity contribution is -0.133. The Morgan fingerprint density at radius 2 is 1.79 bits per heavy atom.